The fraction of sp³-hybridized carbons (Fsp3) is 1.00. The van der Waals surface area contributed by atoms with Gasteiger partial charge >= 0.3 is 0 Å². The van der Waals surface area contributed by atoms with Gasteiger partial charge in [0.25, 0.3) is 0 Å². The van der Waals surface area contributed by atoms with Crippen LogP contribution in [0.15, 0.2) is 0 Å². The van der Waals surface area contributed by atoms with Crippen molar-refractivity contribution in [2.75, 3.05) is 19.6 Å². The molecule has 0 saturated carbocycles. The predicted octanol–water partition coefficient (Wildman–Crippen LogP) is 4.16. The van der Waals surface area contributed by atoms with Gasteiger partial charge in [-0.05, 0) is 70.4 Å². The lowest BCUT2D eigenvalue weighted by Gasteiger charge is -2.40. The molecule has 120 valence electrons. The molecule has 0 aliphatic carbocycles. The van der Waals surface area contributed by atoms with E-state index in [1.807, 2.05) is 0 Å². The molecular formula is C18H38N2. The van der Waals surface area contributed by atoms with E-state index in [2.05, 4.69) is 51.8 Å². The molecule has 2 heteroatoms. The van der Waals surface area contributed by atoms with E-state index in [4.69, 9.17) is 0 Å². The summed E-state index contributed by atoms with van der Waals surface area (Å²) in [5, 5.41) is 3.57. The maximum atomic E-state index is 3.57. The maximum Gasteiger partial charge on any atom is 0.0103 e. The van der Waals surface area contributed by atoms with Gasteiger partial charge in [-0.3, -0.25) is 4.90 Å². The van der Waals surface area contributed by atoms with Crippen LogP contribution in [-0.4, -0.2) is 36.6 Å². The third-order valence-corrected chi connectivity index (χ3v) is 4.49. The quantitative estimate of drug-likeness (QED) is 0.719. The lowest BCUT2D eigenvalue weighted by molar-refractivity contribution is 0.0904. The highest BCUT2D eigenvalue weighted by molar-refractivity contribution is 4.81. The van der Waals surface area contributed by atoms with Crippen LogP contribution >= 0.6 is 0 Å². The molecule has 1 N–H and O–H groups in total. The average Bonchev–Trinajstić information content (AvgIpc) is 2.35. The van der Waals surface area contributed by atoms with Crippen LogP contribution in [0.4, 0.5) is 0 Å². The third-order valence-electron chi connectivity index (χ3n) is 4.49. The first kappa shape index (κ1) is 18.0. The standard InChI is InChI=1S/C18H38N2/c1-14(2)10-18(11-15(3)4)20(16(5)6)13-17-8-7-9-19-12-17/h14-19H,7-13H2,1-6H3. The Kier molecular flexibility index (Phi) is 8.13. The second-order valence-electron chi connectivity index (χ2n) is 7.92. The molecule has 1 fully saturated rings. The summed E-state index contributed by atoms with van der Waals surface area (Å²) in [5.41, 5.74) is 0. The summed E-state index contributed by atoms with van der Waals surface area (Å²) in [6, 6.07) is 1.43. The van der Waals surface area contributed by atoms with Gasteiger partial charge in [0.15, 0.2) is 0 Å². The van der Waals surface area contributed by atoms with Crippen LogP contribution < -0.4 is 5.32 Å². The first-order valence-electron chi connectivity index (χ1n) is 8.86. The van der Waals surface area contributed by atoms with Crippen molar-refractivity contribution in [3.63, 3.8) is 0 Å². The van der Waals surface area contributed by atoms with Crippen LogP contribution in [0.3, 0.4) is 0 Å². The van der Waals surface area contributed by atoms with Gasteiger partial charge in [-0.1, -0.05) is 27.7 Å². The molecule has 0 radical (unpaired) electrons. The normalized spacial score (nSPS) is 20.9. The Bertz CT molecular complexity index is 232. The van der Waals surface area contributed by atoms with Crippen LogP contribution in [0, 0.1) is 17.8 Å². The highest BCUT2D eigenvalue weighted by atomic mass is 15.2. The topological polar surface area (TPSA) is 15.3 Å². The van der Waals surface area contributed by atoms with E-state index in [0.717, 1.165) is 23.8 Å². The van der Waals surface area contributed by atoms with Crippen molar-refractivity contribution < 1.29 is 0 Å². The minimum atomic E-state index is 0.666. The average molecular weight is 283 g/mol. The molecule has 1 aliphatic heterocycles. The van der Waals surface area contributed by atoms with Crippen molar-refractivity contribution in [3.8, 4) is 0 Å². The van der Waals surface area contributed by atoms with Crippen molar-refractivity contribution >= 4 is 0 Å². The summed E-state index contributed by atoms with van der Waals surface area (Å²) >= 11 is 0. The summed E-state index contributed by atoms with van der Waals surface area (Å²) < 4.78 is 0. The van der Waals surface area contributed by atoms with Crippen LogP contribution in [0.25, 0.3) is 0 Å². The Labute approximate surface area is 127 Å². The number of hydrogen-bond acceptors (Lipinski definition) is 2. The van der Waals surface area contributed by atoms with Crippen molar-refractivity contribution in [1.29, 1.82) is 0 Å². The van der Waals surface area contributed by atoms with E-state index in [1.165, 1.54) is 45.3 Å². The summed E-state index contributed by atoms with van der Waals surface area (Å²) in [5.74, 6) is 2.45. The molecule has 0 bridgehead atoms. The zero-order chi connectivity index (χ0) is 15.1. The molecule has 1 rings (SSSR count). The van der Waals surface area contributed by atoms with E-state index in [9.17, 15) is 0 Å². The van der Waals surface area contributed by atoms with Gasteiger partial charge < -0.3 is 5.32 Å². The zero-order valence-electron chi connectivity index (χ0n) is 14.8. The lowest BCUT2D eigenvalue weighted by Crippen LogP contribution is -2.47. The summed E-state index contributed by atoms with van der Waals surface area (Å²) in [6.45, 7) is 18.0. The van der Waals surface area contributed by atoms with E-state index in [0.29, 0.717) is 6.04 Å². The highest BCUT2D eigenvalue weighted by Gasteiger charge is 2.26. The fourth-order valence-corrected chi connectivity index (χ4v) is 3.61. The molecule has 0 aromatic heterocycles. The molecule has 1 saturated heterocycles. The molecule has 0 aromatic rings. The van der Waals surface area contributed by atoms with E-state index in [1.54, 1.807) is 0 Å². The first-order chi connectivity index (χ1) is 9.40. The molecule has 2 nitrogen and oxygen atoms in total. The van der Waals surface area contributed by atoms with Gasteiger partial charge in [-0.25, -0.2) is 0 Å². The predicted molar refractivity (Wildman–Crippen MR) is 90.1 cm³/mol. The number of rotatable bonds is 8. The van der Waals surface area contributed by atoms with E-state index >= 15 is 0 Å². The van der Waals surface area contributed by atoms with Crippen LogP contribution in [0.1, 0.15) is 67.2 Å². The molecule has 20 heavy (non-hydrogen) atoms. The molecular weight excluding hydrogens is 244 g/mol. The number of piperidine rings is 1. The van der Waals surface area contributed by atoms with Crippen LogP contribution in [0.2, 0.25) is 0 Å². The third kappa shape index (κ3) is 6.58. The van der Waals surface area contributed by atoms with E-state index < -0.39 is 0 Å². The second kappa shape index (κ2) is 9.04. The summed E-state index contributed by atoms with van der Waals surface area (Å²) in [6.07, 6.45) is 5.45. The van der Waals surface area contributed by atoms with Crippen molar-refractivity contribution in [1.82, 2.24) is 10.2 Å². The minimum Gasteiger partial charge on any atom is -0.316 e. The lowest BCUT2D eigenvalue weighted by atomic mass is 9.91. The molecule has 1 aliphatic rings. The van der Waals surface area contributed by atoms with Gasteiger partial charge in [-0.15, -0.1) is 0 Å². The van der Waals surface area contributed by atoms with Gasteiger partial charge in [0.05, 0.1) is 0 Å². The Hall–Kier alpha value is -0.0800. The zero-order valence-corrected chi connectivity index (χ0v) is 14.8. The highest BCUT2D eigenvalue weighted by Crippen LogP contribution is 2.24. The monoisotopic (exact) mass is 282 g/mol. The minimum absolute atomic E-state index is 0.666. The van der Waals surface area contributed by atoms with Crippen molar-refractivity contribution in [2.24, 2.45) is 17.8 Å². The molecule has 1 atom stereocenters. The first-order valence-corrected chi connectivity index (χ1v) is 8.86. The maximum absolute atomic E-state index is 3.57. The molecule has 0 amide bonds. The Balaban J connectivity index is 2.66. The number of nitrogens with one attached hydrogen (secondary N) is 1. The second-order valence-corrected chi connectivity index (χ2v) is 7.92. The van der Waals surface area contributed by atoms with Crippen LogP contribution in [-0.2, 0) is 0 Å². The molecule has 0 aromatic carbocycles. The summed E-state index contributed by atoms with van der Waals surface area (Å²) in [4.78, 5) is 2.80. The van der Waals surface area contributed by atoms with Crippen molar-refractivity contribution in [2.45, 2.75) is 79.3 Å². The fourth-order valence-electron chi connectivity index (χ4n) is 3.61. The Morgan fingerprint density at radius 2 is 1.60 bits per heavy atom. The summed E-state index contributed by atoms with van der Waals surface area (Å²) in [7, 11) is 0. The number of hydrogen-bond donors (Lipinski definition) is 1. The number of nitrogens with zero attached hydrogens (tertiary/aromatic N) is 1. The van der Waals surface area contributed by atoms with Gasteiger partial charge in [0.2, 0.25) is 0 Å². The smallest absolute Gasteiger partial charge is 0.0103 e. The largest absolute Gasteiger partial charge is 0.316 e. The van der Waals surface area contributed by atoms with Gasteiger partial charge in [0, 0.05) is 18.6 Å². The van der Waals surface area contributed by atoms with Gasteiger partial charge in [0.1, 0.15) is 0 Å². The molecule has 1 unspecified atom stereocenters. The SMILES string of the molecule is CC(C)CC(CC(C)C)N(CC1CCCNC1)C(C)C. The Morgan fingerprint density at radius 1 is 1.00 bits per heavy atom. The van der Waals surface area contributed by atoms with Crippen molar-refractivity contribution in [3.05, 3.63) is 0 Å². The molecule has 1 heterocycles. The van der Waals surface area contributed by atoms with Crippen LogP contribution in [0.5, 0.6) is 0 Å². The van der Waals surface area contributed by atoms with Gasteiger partial charge in [-0.2, -0.15) is 0 Å². The Morgan fingerprint density at radius 3 is 2.00 bits per heavy atom. The molecule has 0 spiro atoms. The van der Waals surface area contributed by atoms with E-state index in [-0.39, 0.29) is 0 Å².